The van der Waals surface area contributed by atoms with E-state index in [9.17, 15) is 18.8 Å². The maximum atomic E-state index is 12.9. The van der Waals surface area contributed by atoms with E-state index in [1.807, 2.05) is 0 Å². The molecular formula is C20H21FN2O6. The number of amides is 2. The Morgan fingerprint density at radius 2 is 1.72 bits per heavy atom. The summed E-state index contributed by atoms with van der Waals surface area (Å²) in [6.07, 6.45) is 0. The molecule has 1 N–H and O–H groups in total. The highest BCUT2D eigenvalue weighted by Crippen LogP contribution is 2.24. The molecule has 0 heterocycles. The van der Waals surface area contributed by atoms with Crippen molar-refractivity contribution in [2.45, 2.75) is 0 Å². The van der Waals surface area contributed by atoms with E-state index in [1.54, 1.807) is 12.1 Å². The first-order valence-corrected chi connectivity index (χ1v) is 8.52. The van der Waals surface area contributed by atoms with E-state index in [2.05, 4.69) is 5.32 Å². The molecule has 0 aliphatic carbocycles. The van der Waals surface area contributed by atoms with E-state index < -0.39 is 30.2 Å². The molecular weight excluding hydrogens is 383 g/mol. The van der Waals surface area contributed by atoms with Crippen molar-refractivity contribution in [2.24, 2.45) is 0 Å². The first-order chi connectivity index (χ1) is 13.8. The van der Waals surface area contributed by atoms with Gasteiger partial charge in [0.15, 0.2) is 6.61 Å². The van der Waals surface area contributed by atoms with Gasteiger partial charge < -0.3 is 24.4 Å². The number of hydrogen-bond donors (Lipinski definition) is 1. The number of halogens is 1. The number of hydrogen-bond acceptors (Lipinski definition) is 6. The summed E-state index contributed by atoms with van der Waals surface area (Å²) < 4.78 is 28.1. The van der Waals surface area contributed by atoms with Crippen LogP contribution < -0.4 is 14.8 Å². The predicted octanol–water partition coefficient (Wildman–Crippen LogP) is 2.10. The van der Waals surface area contributed by atoms with Gasteiger partial charge in [-0.3, -0.25) is 9.59 Å². The lowest BCUT2D eigenvalue weighted by Crippen LogP contribution is -2.37. The van der Waals surface area contributed by atoms with Crippen molar-refractivity contribution in [1.29, 1.82) is 0 Å². The van der Waals surface area contributed by atoms with Gasteiger partial charge in [-0.25, -0.2) is 9.18 Å². The SMILES string of the molecule is COc1ccc(OC)c(C(=O)OCC(=O)N(C)CC(=O)Nc2ccc(F)cc2)c1. The Balaban J connectivity index is 1.88. The van der Waals surface area contributed by atoms with Crippen LogP contribution in [0.15, 0.2) is 42.5 Å². The number of likely N-dealkylation sites (N-methyl/N-ethyl adjacent to an activating group) is 1. The van der Waals surface area contributed by atoms with Crippen LogP contribution in [0.1, 0.15) is 10.4 Å². The molecule has 2 aromatic rings. The zero-order valence-corrected chi connectivity index (χ0v) is 16.2. The number of rotatable bonds is 8. The molecule has 154 valence electrons. The largest absolute Gasteiger partial charge is 0.497 e. The third-order valence-corrected chi connectivity index (χ3v) is 3.89. The summed E-state index contributed by atoms with van der Waals surface area (Å²) in [5.74, 6) is -1.54. The molecule has 0 radical (unpaired) electrons. The highest BCUT2D eigenvalue weighted by Gasteiger charge is 2.19. The number of ether oxygens (including phenoxy) is 3. The maximum absolute atomic E-state index is 12.9. The Bertz CT molecular complexity index is 885. The molecule has 0 saturated carbocycles. The summed E-state index contributed by atoms with van der Waals surface area (Å²) in [6.45, 7) is -0.824. The van der Waals surface area contributed by atoms with Crippen molar-refractivity contribution in [3.8, 4) is 11.5 Å². The molecule has 0 aliphatic heterocycles. The van der Waals surface area contributed by atoms with Crippen LogP contribution in [-0.4, -0.2) is 57.1 Å². The number of methoxy groups -OCH3 is 2. The average Bonchev–Trinajstić information content (AvgIpc) is 2.72. The van der Waals surface area contributed by atoms with Gasteiger partial charge in [0.25, 0.3) is 5.91 Å². The third-order valence-electron chi connectivity index (χ3n) is 3.89. The Morgan fingerprint density at radius 1 is 1.03 bits per heavy atom. The molecule has 0 aliphatic rings. The normalized spacial score (nSPS) is 10.1. The van der Waals surface area contributed by atoms with Gasteiger partial charge in [-0.05, 0) is 42.5 Å². The van der Waals surface area contributed by atoms with Crippen LogP contribution in [0.4, 0.5) is 10.1 Å². The lowest BCUT2D eigenvalue weighted by atomic mass is 10.2. The standard InChI is InChI=1S/C20H21FN2O6/c1-23(11-18(24)22-14-6-4-13(21)5-7-14)19(25)12-29-20(26)16-10-15(27-2)8-9-17(16)28-3/h4-10H,11-12H2,1-3H3,(H,22,24). The summed E-state index contributed by atoms with van der Waals surface area (Å²) >= 11 is 0. The monoisotopic (exact) mass is 404 g/mol. The van der Waals surface area contributed by atoms with Crippen LogP contribution in [0.5, 0.6) is 11.5 Å². The summed E-state index contributed by atoms with van der Waals surface area (Å²) in [6, 6.07) is 9.81. The van der Waals surface area contributed by atoms with E-state index in [-0.39, 0.29) is 17.9 Å². The number of anilines is 1. The Morgan fingerprint density at radius 3 is 2.34 bits per heavy atom. The highest BCUT2D eigenvalue weighted by molar-refractivity contribution is 5.96. The summed E-state index contributed by atoms with van der Waals surface area (Å²) in [4.78, 5) is 37.5. The molecule has 2 aromatic carbocycles. The fourth-order valence-electron chi connectivity index (χ4n) is 2.33. The van der Waals surface area contributed by atoms with Gasteiger partial charge in [0.1, 0.15) is 22.9 Å². The fraction of sp³-hybridized carbons (Fsp3) is 0.250. The first-order valence-electron chi connectivity index (χ1n) is 8.52. The Hall–Kier alpha value is -3.62. The van der Waals surface area contributed by atoms with E-state index in [4.69, 9.17) is 14.2 Å². The van der Waals surface area contributed by atoms with Crippen LogP contribution in [0.2, 0.25) is 0 Å². The molecule has 0 unspecified atom stereocenters. The minimum Gasteiger partial charge on any atom is -0.497 e. The zero-order chi connectivity index (χ0) is 21.4. The van der Waals surface area contributed by atoms with Crippen molar-refractivity contribution in [3.63, 3.8) is 0 Å². The molecule has 0 saturated heterocycles. The van der Waals surface area contributed by atoms with Crippen molar-refractivity contribution in [2.75, 3.05) is 39.7 Å². The summed E-state index contributed by atoms with van der Waals surface area (Å²) in [5, 5.41) is 2.54. The van der Waals surface area contributed by atoms with Gasteiger partial charge in [0, 0.05) is 12.7 Å². The number of benzene rings is 2. The minimum absolute atomic E-state index is 0.108. The molecule has 2 amide bonds. The van der Waals surface area contributed by atoms with Crippen molar-refractivity contribution >= 4 is 23.5 Å². The van der Waals surface area contributed by atoms with Crippen LogP contribution in [0.25, 0.3) is 0 Å². The van der Waals surface area contributed by atoms with E-state index in [1.165, 1.54) is 51.6 Å². The maximum Gasteiger partial charge on any atom is 0.342 e. The average molecular weight is 404 g/mol. The van der Waals surface area contributed by atoms with Gasteiger partial charge in [0.2, 0.25) is 5.91 Å². The van der Waals surface area contributed by atoms with Crippen molar-refractivity contribution in [3.05, 3.63) is 53.8 Å². The van der Waals surface area contributed by atoms with E-state index in [0.29, 0.717) is 11.4 Å². The summed E-state index contributed by atoms with van der Waals surface area (Å²) in [5.41, 5.74) is 0.505. The van der Waals surface area contributed by atoms with Gasteiger partial charge >= 0.3 is 5.97 Å². The predicted molar refractivity (Wildman–Crippen MR) is 102 cm³/mol. The summed E-state index contributed by atoms with van der Waals surface area (Å²) in [7, 11) is 4.25. The Kier molecular flexibility index (Phi) is 7.53. The second-order valence-corrected chi connectivity index (χ2v) is 5.95. The molecule has 0 bridgehead atoms. The molecule has 0 spiro atoms. The molecule has 9 heteroatoms. The lowest BCUT2D eigenvalue weighted by Gasteiger charge is -2.17. The zero-order valence-electron chi connectivity index (χ0n) is 16.2. The number of nitrogens with zero attached hydrogens (tertiary/aromatic N) is 1. The smallest absolute Gasteiger partial charge is 0.342 e. The lowest BCUT2D eigenvalue weighted by molar-refractivity contribution is -0.136. The second kappa shape index (κ2) is 10.1. The number of nitrogens with one attached hydrogen (secondary N) is 1. The van der Waals surface area contributed by atoms with E-state index in [0.717, 1.165) is 4.90 Å². The molecule has 8 nitrogen and oxygen atoms in total. The second-order valence-electron chi connectivity index (χ2n) is 5.95. The van der Waals surface area contributed by atoms with Crippen molar-refractivity contribution in [1.82, 2.24) is 4.90 Å². The minimum atomic E-state index is -0.765. The fourth-order valence-corrected chi connectivity index (χ4v) is 2.33. The quantitative estimate of drug-likeness (QED) is 0.677. The molecule has 0 atom stereocenters. The number of esters is 1. The molecule has 0 fully saturated rings. The third kappa shape index (κ3) is 6.20. The Labute approximate surface area is 167 Å². The first kappa shape index (κ1) is 21.7. The van der Waals surface area contributed by atoms with Crippen LogP contribution in [-0.2, 0) is 14.3 Å². The van der Waals surface area contributed by atoms with Gasteiger partial charge in [-0.15, -0.1) is 0 Å². The highest BCUT2D eigenvalue weighted by atomic mass is 19.1. The van der Waals surface area contributed by atoms with Crippen molar-refractivity contribution < 1.29 is 33.0 Å². The molecule has 29 heavy (non-hydrogen) atoms. The van der Waals surface area contributed by atoms with Gasteiger partial charge in [0.05, 0.1) is 20.8 Å². The van der Waals surface area contributed by atoms with Gasteiger partial charge in [-0.1, -0.05) is 0 Å². The number of carbonyl (C=O) groups excluding carboxylic acids is 3. The van der Waals surface area contributed by atoms with Crippen LogP contribution >= 0.6 is 0 Å². The molecule has 2 rings (SSSR count). The van der Waals surface area contributed by atoms with Crippen LogP contribution in [0, 0.1) is 5.82 Å². The van der Waals surface area contributed by atoms with E-state index >= 15 is 0 Å². The van der Waals surface area contributed by atoms with Crippen LogP contribution in [0.3, 0.4) is 0 Å². The molecule has 0 aromatic heterocycles. The van der Waals surface area contributed by atoms with Gasteiger partial charge in [-0.2, -0.15) is 0 Å². The topological polar surface area (TPSA) is 94.2 Å². The number of carbonyl (C=O) groups is 3.